The van der Waals surface area contributed by atoms with Crippen LogP contribution in [0.3, 0.4) is 0 Å². The van der Waals surface area contributed by atoms with E-state index in [9.17, 15) is 19.2 Å². The van der Waals surface area contributed by atoms with E-state index in [0.29, 0.717) is 10.6 Å². The van der Waals surface area contributed by atoms with Crippen LogP contribution in [0, 0.1) is 0 Å². The molecule has 0 saturated heterocycles. The molecule has 0 spiro atoms. The van der Waals surface area contributed by atoms with Gasteiger partial charge in [0.05, 0.1) is 12.2 Å². The molecule has 35 heavy (non-hydrogen) atoms. The third kappa shape index (κ3) is 5.54. The van der Waals surface area contributed by atoms with E-state index in [1.54, 1.807) is 13.1 Å². The van der Waals surface area contributed by atoms with Gasteiger partial charge in [-0.2, -0.15) is 0 Å². The molecule has 1 aliphatic carbocycles. The summed E-state index contributed by atoms with van der Waals surface area (Å²) in [7, 11) is 0. The lowest BCUT2D eigenvalue weighted by Crippen LogP contribution is -2.43. The molecule has 0 bridgehead atoms. The van der Waals surface area contributed by atoms with E-state index in [1.165, 1.54) is 18.3 Å². The summed E-state index contributed by atoms with van der Waals surface area (Å²) < 4.78 is 10.4. The summed E-state index contributed by atoms with van der Waals surface area (Å²) in [6.07, 6.45) is 4.56. The lowest BCUT2D eigenvalue weighted by Gasteiger charge is -2.16. The minimum absolute atomic E-state index is 0.203. The molecule has 10 heteroatoms. The van der Waals surface area contributed by atoms with Crippen molar-refractivity contribution >= 4 is 51.0 Å². The fraction of sp³-hybridized carbons (Fsp3) is 0.360. The Morgan fingerprint density at radius 2 is 1.94 bits per heavy atom. The van der Waals surface area contributed by atoms with Gasteiger partial charge < -0.3 is 25.1 Å². The van der Waals surface area contributed by atoms with E-state index in [4.69, 9.17) is 9.47 Å². The first-order valence-electron chi connectivity index (χ1n) is 11.5. The average Bonchev–Trinajstić information content (AvgIpc) is 3.52. The van der Waals surface area contributed by atoms with Crippen molar-refractivity contribution in [1.29, 1.82) is 0 Å². The molecule has 1 atom stereocenters. The number of aromatic amines is 1. The lowest BCUT2D eigenvalue weighted by atomic mass is 10.0. The molecule has 0 aliphatic heterocycles. The second kappa shape index (κ2) is 10.7. The largest absolute Gasteiger partial charge is 0.462 e. The molecule has 1 aromatic carbocycles. The van der Waals surface area contributed by atoms with E-state index in [-0.39, 0.29) is 18.9 Å². The van der Waals surface area contributed by atoms with Crippen molar-refractivity contribution in [3.63, 3.8) is 0 Å². The van der Waals surface area contributed by atoms with Gasteiger partial charge in [-0.15, -0.1) is 11.3 Å². The zero-order valence-corrected chi connectivity index (χ0v) is 20.4. The first-order valence-corrected chi connectivity index (χ1v) is 12.3. The maximum Gasteiger partial charge on any atom is 0.341 e. The van der Waals surface area contributed by atoms with Crippen molar-refractivity contribution in [1.82, 2.24) is 10.3 Å². The van der Waals surface area contributed by atoms with Crippen LogP contribution in [-0.4, -0.2) is 48.0 Å². The van der Waals surface area contributed by atoms with Crippen LogP contribution in [-0.2, 0) is 43.1 Å². The molecule has 2 heterocycles. The number of esters is 2. The highest BCUT2D eigenvalue weighted by Gasteiger charge is 2.29. The number of carbonyl (C=O) groups excluding carboxylic acids is 4. The predicted molar refractivity (Wildman–Crippen MR) is 131 cm³/mol. The molecule has 3 aromatic rings. The summed E-state index contributed by atoms with van der Waals surface area (Å²) in [6, 6.07) is 6.67. The highest BCUT2D eigenvalue weighted by atomic mass is 32.1. The van der Waals surface area contributed by atoms with Crippen LogP contribution in [0.4, 0.5) is 5.00 Å². The van der Waals surface area contributed by atoms with E-state index in [2.05, 4.69) is 15.6 Å². The van der Waals surface area contributed by atoms with Crippen LogP contribution in [0.25, 0.3) is 10.9 Å². The molecule has 184 valence electrons. The normalized spacial score (nSPS) is 13.2. The number of benzene rings is 1. The van der Waals surface area contributed by atoms with Crippen molar-refractivity contribution in [3.05, 3.63) is 52.0 Å². The van der Waals surface area contributed by atoms with Gasteiger partial charge in [-0.3, -0.25) is 9.59 Å². The highest BCUT2D eigenvalue weighted by Crippen LogP contribution is 2.39. The van der Waals surface area contributed by atoms with Gasteiger partial charge >= 0.3 is 11.9 Å². The number of H-pyrrole nitrogens is 1. The van der Waals surface area contributed by atoms with E-state index < -0.39 is 30.5 Å². The number of aryl methyl sites for hydroxylation is 1. The number of amides is 2. The molecule has 4 rings (SSSR count). The monoisotopic (exact) mass is 497 g/mol. The van der Waals surface area contributed by atoms with Gasteiger partial charge in [-0.1, -0.05) is 18.2 Å². The number of para-hydroxylation sites is 1. The Hall–Kier alpha value is -3.66. The molecule has 3 N–H and O–H groups in total. The van der Waals surface area contributed by atoms with Crippen LogP contribution in [0.5, 0.6) is 0 Å². The number of anilines is 1. The fourth-order valence-electron chi connectivity index (χ4n) is 4.27. The lowest BCUT2D eigenvalue weighted by molar-refractivity contribution is -0.150. The van der Waals surface area contributed by atoms with Crippen molar-refractivity contribution < 1.29 is 28.7 Å². The Kier molecular flexibility index (Phi) is 7.50. The maximum atomic E-state index is 12.8. The quantitative estimate of drug-likeness (QED) is 0.390. The number of aromatic nitrogens is 1. The summed E-state index contributed by atoms with van der Waals surface area (Å²) >= 11 is 1.35. The third-order valence-corrected chi connectivity index (χ3v) is 6.97. The molecule has 2 aromatic heterocycles. The summed E-state index contributed by atoms with van der Waals surface area (Å²) in [4.78, 5) is 53.7. The van der Waals surface area contributed by atoms with Crippen LogP contribution >= 0.6 is 11.3 Å². The van der Waals surface area contributed by atoms with Gasteiger partial charge in [0.1, 0.15) is 11.0 Å². The van der Waals surface area contributed by atoms with Gasteiger partial charge in [0.2, 0.25) is 5.91 Å². The van der Waals surface area contributed by atoms with Crippen molar-refractivity contribution in [3.8, 4) is 0 Å². The zero-order valence-electron chi connectivity index (χ0n) is 19.6. The summed E-state index contributed by atoms with van der Waals surface area (Å²) in [5, 5.41) is 6.64. The van der Waals surface area contributed by atoms with Gasteiger partial charge in [0.15, 0.2) is 6.61 Å². The topological polar surface area (TPSA) is 127 Å². The predicted octanol–water partition coefficient (Wildman–Crippen LogP) is 3.12. The zero-order chi connectivity index (χ0) is 24.9. The van der Waals surface area contributed by atoms with Crippen LogP contribution in [0.1, 0.15) is 46.6 Å². The summed E-state index contributed by atoms with van der Waals surface area (Å²) in [5.41, 5.74) is 3.06. The molecule has 0 fully saturated rings. The second-order valence-corrected chi connectivity index (χ2v) is 9.36. The standard InChI is InChI=1S/C25H27N3O6S/c1-3-33-25(32)22-17-8-6-10-20(17)35-23(22)28-21(30)13-34-24(31)19(27-14(2)29)11-15-12-26-18-9-5-4-7-16(15)18/h4-5,7,9,12,19,26H,3,6,8,10-11,13H2,1-2H3,(H,27,29)(H,28,30)/t19-/m0/s1. The second-order valence-electron chi connectivity index (χ2n) is 8.25. The van der Waals surface area contributed by atoms with Crippen LogP contribution in [0.2, 0.25) is 0 Å². The van der Waals surface area contributed by atoms with E-state index in [0.717, 1.165) is 46.2 Å². The fourth-order valence-corrected chi connectivity index (χ4v) is 5.56. The van der Waals surface area contributed by atoms with Crippen LogP contribution < -0.4 is 10.6 Å². The Morgan fingerprint density at radius 3 is 2.71 bits per heavy atom. The first-order chi connectivity index (χ1) is 16.9. The average molecular weight is 498 g/mol. The van der Waals surface area contributed by atoms with E-state index >= 15 is 0 Å². The van der Waals surface area contributed by atoms with E-state index in [1.807, 2.05) is 24.3 Å². The Balaban J connectivity index is 1.41. The minimum atomic E-state index is -0.958. The maximum absolute atomic E-state index is 12.8. The molecule has 1 aliphatic rings. The highest BCUT2D eigenvalue weighted by molar-refractivity contribution is 7.17. The number of fused-ring (bicyclic) bond motifs is 2. The smallest absolute Gasteiger partial charge is 0.341 e. The first kappa shape index (κ1) is 24.5. The van der Waals surface area contributed by atoms with Gasteiger partial charge in [-0.25, -0.2) is 9.59 Å². The van der Waals surface area contributed by atoms with Gasteiger partial charge in [-0.05, 0) is 43.4 Å². The summed E-state index contributed by atoms with van der Waals surface area (Å²) in [6.45, 7) is 2.72. The number of thiophene rings is 1. The summed E-state index contributed by atoms with van der Waals surface area (Å²) in [5.74, 6) is -2.15. The van der Waals surface area contributed by atoms with Crippen molar-refractivity contribution in [2.75, 3.05) is 18.5 Å². The third-order valence-electron chi connectivity index (χ3n) is 5.76. The van der Waals surface area contributed by atoms with Crippen molar-refractivity contribution in [2.45, 2.75) is 45.6 Å². The molecule has 0 radical (unpaired) electrons. The number of ether oxygens (including phenoxy) is 2. The Bertz CT molecular complexity index is 1280. The van der Waals surface area contributed by atoms with Gasteiger partial charge in [0, 0.05) is 35.3 Å². The van der Waals surface area contributed by atoms with Gasteiger partial charge in [0.25, 0.3) is 5.91 Å². The van der Waals surface area contributed by atoms with Crippen LogP contribution in [0.15, 0.2) is 30.5 Å². The molecular weight excluding hydrogens is 470 g/mol. The minimum Gasteiger partial charge on any atom is -0.462 e. The number of carbonyl (C=O) groups is 4. The number of nitrogens with one attached hydrogen (secondary N) is 3. The SMILES string of the molecule is CCOC(=O)c1c(NC(=O)COC(=O)[C@H](Cc2c[nH]c3ccccc23)NC(C)=O)sc2c1CCC2. The molecule has 0 saturated carbocycles. The molecule has 2 amide bonds. The number of hydrogen-bond acceptors (Lipinski definition) is 7. The molecule has 0 unspecified atom stereocenters. The number of rotatable bonds is 9. The molecule has 9 nitrogen and oxygen atoms in total. The van der Waals surface area contributed by atoms with Crippen molar-refractivity contribution in [2.24, 2.45) is 0 Å². The Labute approximate surface area is 206 Å². The molecular formula is C25H27N3O6S. The Morgan fingerprint density at radius 1 is 1.14 bits per heavy atom. The number of hydrogen-bond donors (Lipinski definition) is 3.